The third-order valence-electron chi connectivity index (χ3n) is 1.53. The largest absolute Gasteiger partial charge is 0.395 e. The Hall–Kier alpha value is -1.40. The van der Waals surface area contributed by atoms with Gasteiger partial charge in [-0.2, -0.15) is 0 Å². The Bertz CT molecular complexity index is 252. The molecule has 0 aromatic rings. The van der Waals surface area contributed by atoms with Gasteiger partial charge in [0.1, 0.15) is 0 Å². The fourth-order valence-corrected chi connectivity index (χ4v) is 0.761. The maximum atomic E-state index is 11.0. The van der Waals surface area contributed by atoms with Gasteiger partial charge < -0.3 is 19.7 Å². The molecule has 0 saturated heterocycles. The predicted octanol–water partition coefficient (Wildman–Crippen LogP) is 0.0874. The summed E-state index contributed by atoms with van der Waals surface area (Å²) in [5.74, 6) is -3.90. The Kier molecular flexibility index (Phi) is 6.36. The molecule has 0 aliphatic heterocycles. The van der Waals surface area contributed by atoms with Crippen molar-refractivity contribution < 1.29 is 29.3 Å². The van der Waals surface area contributed by atoms with Crippen molar-refractivity contribution in [2.75, 3.05) is 6.61 Å². The normalized spacial score (nSPS) is 11.5. The summed E-state index contributed by atoms with van der Waals surface area (Å²) < 4.78 is 9.07. The van der Waals surface area contributed by atoms with Gasteiger partial charge in [-0.15, -0.1) is 0 Å². The van der Waals surface area contributed by atoms with Crippen molar-refractivity contribution in [3.05, 3.63) is 12.2 Å². The topological polar surface area (TPSA) is 93.1 Å². The molecule has 0 spiro atoms. The van der Waals surface area contributed by atoms with Gasteiger partial charge in [-0.05, 0) is 0 Å². The highest BCUT2D eigenvalue weighted by atomic mass is 16.8. The average molecular weight is 232 g/mol. The number of aliphatic hydroxyl groups excluding tert-OH is 1. The Morgan fingerprint density at radius 1 is 1.19 bits per heavy atom. The Morgan fingerprint density at radius 3 is 1.94 bits per heavy atom. The van der Waals surface area contributed by atoms with Crippen LogP contribution in [-0.2, 0) is 19.1 Å². The first-order valence-electron chi connectivity index (χ1n) is 4.92. The lowest BCUT2D eigenvalue weighted by Crippen LogP contribution is -2.38. The van der Waals surface area contributed by atoms with Crippen LogP contribution in [0.3, 0.4) is 0 Å². The molecule has 0 atom stereocenters. The van der Waals surface area contributed by atoms with E-state index in [-0.39, 0.29) is 19.4 Å². The van der Waals surface area contributed by atoms with E-state index in [1.54, 1.807) is 0 Å². The van der Waals surface area contributed by atoms with Gasteiger partial charge in [0.2, 0.25) is 0 Å². The van der Waals surface area contributed by atoms with Crippen LogP contribution in [0.1, 0.15) is 26.7 Å². The first-order valence-corrected chi connectivity index (χ1v) is 4.92. The molecular weight excluding hydrogens is 216 g/mol. The van der Waals surface area contributed by atoms with Gasteiger partial charge in [-0.3, -0.25) is 9.59 Å². The van der Waals surface area contributed by atoms with Crippen molar-refractivity contribution in [3.63, 3.8) is 0 Å². The quantitative estimate of drug-likeness (QED) is 0.383. The van der Waals surface area contributed by atoms with Crippen LogP contribution < -0.4 is 0 Å². The Labute approximate surface area is 93.5 Å². The first-order chi connectivity index (χ1) is 7.47. The zero-order chi connectivity index (χ0) is 12.6. The average Bonchev–Trinajstić information content (AvgIpc) is 2.25. The number of hydrogen-bond donors (Lipinski definition) is 2. The molecule has 0 heterocycles. The molecule has 2 N–H and O–H groups in total. The predicted molar refractivity (Wildman–Crippen MR) is 53.9 cm³/mol. The molecular formula is C10H16O6. The summed E-state index contributed by atoms with van der Waals surface area (Å²) in [6.45, 7) is 2.68. The summed E-state index contributed by atoms with van der Waals surface area (Å²) in [4.78, 5) is 22.0. The van der Waals surface area contributed by atoms with Crippen molar-refractivity contribution in [1.29, 1.82) is 0 Å². The van der Waals surface area contributed by atoms with Gasteiger partial charge in [0.25, 0.3) is 0 Å². The summed E-state index contributed by atoms with van der Waals surface area (Å²) in [7, 11) is 0. The molecule has 0 rings (SSSR count). The maximum Gasteiger partial charge on any atom is 0.395 e. The lowest BCUT2D eigenvalue weighted by molar-refractivity contribution is -0.296. The molecule has 0 fully saturated rings. The van der Waals surface area contributed by atoms with E-state index in [4.69, 9.17) is 5.11 Å². The second kappa shape index (κ2) is 6.97. The molecule has 0 aromatic heterocycles. The van der Waals surface area contributed by atoms with Crippen molar-refractivity contribution in [3.8, 4) is 0 Å². The van der Waals surface area contributed by atoms with Gasteiger partial charge in [-0.1, -0.05) is 19.9 Å². The van der Waals surface area contributed by atoms with Crippen molar-refractivity contribution in [2.45, 2.75) is 32.7 Å². The van der Waals surface area contributed by atoms with E-state index in [2.05, 4.69) is 9.47 Å². The van der Waals surface area contributed by atoms with Crippen LogP contribution in [0.25, 0.3) is 0 Å². The van der Waals surface area contributed by atoms with Crippen LogP contribution in [0.15, 0.2) is 12.2 Å². The van der Waals surface area contributed by atoms with Gasteiger partial charge in [0.05, 0.1) is 6.61 Å². The van der Waals surface area contributed by atoms with E-state index in [1.165, 1.54) is 13.8 Å². The molecule has 0 unspecified atom stereocenters. The highest BCUT2D eigenvalue weighted by molar-refractivity contribution is 5.71. The zero-order valence-corrected chi connectivity index (χ0v) is 9.30. The van der Waals surface area contributed by atoms with E-state index in [1.807, 2.05) is 0 Å². The van der Waals surface area contributed by atoms with E-state index in [9.17, 15) is 14.7 Å². The second-order valence-electron chi connectivity index (χ2n) is 2.87. The van der Waals surface area contributed by atoms with Crippen LogP contribution in [-0.4, -0.2) is 34.7 Å². The minimum Gasteiger partial charge on any atom is -0.395 e. The number of ether oxygens (including phenoxy) is 2. The van der Waals surface area contributed by atoms with Gasteiger partial charge in [0.15, 0.2) is 0 Å². The lowest BCUT2D eigenvalue weighted by Gasteiger charge is -2.23. The van der Waals surface area contributed by atoms with E-state index >= 15 is 0 Å². The first kappa shape index (κ1) is 14.6. The van der Waals surface area contributed by atoms with Crippen LogP contribution in [0, 0.1) is 0 Å². The molecule has 0 amide bonds. The number of carbonyl (C=O) groups is 2. The highest BCUT2D eigenvalue weighted by Crippen LogP contribution is 2.14. The minimum atomic E-state index is -2.44. The molecule has 0 bridgehead atoms. The van der Waals surface area contributed by atoms with E-state index < -0.39 is 17.9 Å². The standard InChI is InChI=1S/C10H16O6/c1-3-8(12)15-10(14,6-5-7-11)16-9(13)4-2/h5-6,11,14H,3-4,7H2,1-2H3/b6-5+. The van der Waals surface area contributed by atoms with Crippen LogP contribution in [0.5, 0.6) is 0 Å². The smallest absolute Gasteiger partial charge is 0.395 e. The fourth-order valence-electron chi connectivity index (χ4n) is 0.761. The lowest BCUT2D eigenvalue weighted by atomic mass is 10.4. The summed E-state index contributed by atoms with van der Waals surface area (Å²) in [5.41, 5.74) is 0. The Morgan fingerprint density at radius 2 is 1.62 bits per heavy atom. The van der Waals surface area contributed by atoms with Crippen LogP contribution >= 0.6 is 0 Å². The molecule has 0 aromatic carbocycles. The molecule has 0 aliphatic carbocycles. The maximum absolute atomic E-state index is 11.0. The van der Waals surface area contributed by atoms with Crippen LogP contribution in [0.2, 0.25) is 0 Å². The van der Waals surface area contributed by atoms with Crippen molar-refractivity contribution in [2.24, 2.45) is 0 Å². The molecule has 0 saturated carbocycles. The van der Waals surface area contributed by atoms with Crippen molar-refractivity contribution >= 4 is 11.9 Å². The molecule has 0 radical (unpaired) electrons. The summed E-state index contributed by atoms with van der Waals surface area (Å²) in [6, 6.07) is 0. The number of carbonyl (C=O) groups excluding carboxylic acids is 2. The molecule has 0 aliphatic rings. The molecule has 92 valence electrons. The number of hydrogen-bond acceptors (Lipinski definition) is 6. The van der Waals surface area contributed by atoms with Gasteiger partial charge in [0, 0.05) is 18.9 Å². The van der Waals surface area contributed by atoms with E-state index in [0.29, 0.717) is 0 Å². The van der Waals surface area contributed by atoms with Crippen molar-refractivity contribution in [1.82, 2.24) is 0 Å². The highest BCUT2D eigenvalue weighted by Gasteiger charge is 2.32. The number of rotatable bonds is 6. The number of aliphatic hydroxyl groups is 2. The second-order valence-corrected chi connectivity index (χ2v) is 2.87. The van der Waals surface area contributed by atoms with Gasteiger partial charge in [-0.25, -0.2) is 0 Å². The zero-order valence-electron chi connectivity index (χ0n) is 9.30. The van der Waals surface area contributed by atoms with Crippen LogP contribution in [0.4, 0.5) is 0 Å². The number of esters is 2. The van der Waals surface area contributed by atoms with E-state index in [0.717, 1.165) is 12.2 Å². The summed E-state index contributed by atoms with van der Waals surface area (Å²) in [5, 5.41) is 18.2. The monoisotopic (exact) mass is 232 g/mol. The minimum absolute atomic E-state index is 0.0267. The molecule has 6 nitrogen and oxygen atoms in total. The fraction of sp³-hybridized carbons (Fsp3) is 0.600. The van der Waals surface area contributed by atoms with Gasteiger partial charge >= 0.3 is 17.9 Å². The molecule has 16 heavy (non-hydrogen) atoms. The Balaban J connectivity index is 4.66. The SMILES string of the molecule is CCC(=O)OC(O)(/C=C/CO)OC(=O)CC. The molecule has 6 heteroatoms. The summed E-state index contributed by atoms with van der Waals surface area (Å²) >= 11 is 0. The summed E-state index contributed by atoms with van der Waals surface area (Å²) in [6.07, 6.45) is 2.05. The third kappa shape index (κ3) is 5.47. The third-order valence-corrected chi connectivity index (χ3v) is 1.53.